The molecule has 2 aromatic heterocycles. The van der Waals surface area contributed by atoms with Gasteiger partial charge >= 0.3 is 0 Å². The molecule has 0 atom stereocenters. The van der Waals surface area contributed by atoms with E-state index in [9.17, 15) is 0 Å². The van der Waals surface area contributed by atoms with E-state index in [0.29, 0.717) is 0 Å². The average Bonchev–Trinajstić information content (AvgIpc) is 3.85. The van der Waals surface area contributed by atoms with Crippen molar-refractivity contribution in [3.63, 3.8) is 0 Å². The first kappa shape index (κ1) is 35.1. The summed E-state index contributed by atoms with van der Waals surface area (Å²) in [5, 5.41) is 2.46. The number of anilines is 6. The zero-order valence-electron chi connectivity index (χ0n) is 33.6. The van der Waals surface area contributed by atoms with Gasteiger partial charge in [0.25, 0.3) is 0 Å². The normalized spacial score (nSPS) is 12.4. The molecule has 0 amide bonds. The molecule has 4 heterocycles. The first-order chi connectivity index (χ1) is 30.8. The van der Waals surface area contributed by atoms with Crippen LogP contribution in [0.5, 0.6) is 0 Å². The number of fused-ring (bicyclic) bond motifs is 9. The fourth-order valence-corrected chi connectivity index (χ4v) is 11.4. The Bertz CT molecular complexity index is 3420. The van der Waals surface area contributed by atoms with Gasteiger partial charge in [-0.1, -0.05) is 145 Å². The molecule has 0 fully saturated rings. The van der Waals surface area contributed by atoms with Crippen molar-refractivity contribution in [3.8, 4) is 11.4 Å². The van der Waals surface area contributed by atoms with Gasteiger partial charge in [0, 0.05) is 66.1 Å². The molecule has 13 rings (SSSR count). The molecule has 0 unspecified atom stereocenters. The Kier molecular flexibility index (Phi) is 7.90. The van der Waals surface area contributed by atoms with Crippen LogP contribution in [0.1, 0.15) is 0 Å². The second-order valence-corrected chi connectivity index (χ2v) is 17.2. The Labute approximate surface area is 364 Å². The molecular weight excluding hydrogens is 772 g/mol. The van der Waals surface area contributed by atoms with Crippen LogP contribution in [0.3, 0.4) is 0 Å². The molecule has 6 heteroatoms. The summed E-state index contributed by atoms with van der Waals surface area (Å²) >= 11 is 1.90. The maximum Gasteiger partial charge on any atom is 0.249 e. The summed E-state index contributed by atoms with van der Waals surface area (Å²) < 4.78 is 5.13. The van der Waals surface area contributed by atoms with Crippen molar-refractivity contribution < 1.29 is 0 Å². The monoisotopic (exact) mass is 808 g/mol. The lowest BCUT2D eigenvalue weighted by Gasteiger charge is -2.35. The molecule has 0 aliphatic carbocycles. The van der Waals surface area contributed by atoms with E-state index in [-0.39, 0.29) is 6.71 Å². The maximum atomic E-state index is 2.62. The van der Waals surface area contributed by atoms with Gasteiger partial charge in [-0.15, -0.1) is 0 Å². The molecule has 9 aromatic carbocycles. The minimum absolute atomic E-state index is 0.0944. The third-order valence-corrected chi connectivity index (χ3v) is 13.8. The first-order valence-electron chi connectivity index (χ1n) is 21.2. The lowest BCUT2D eigenvalue weighted by molar-refractivity contribution is 1.16. The highest BCUT2D eigenvalue weighted by Gasteiger charge is 2.41. The summed E-state index contributed by atoms with van der Waals surface area (Å²) in [7, 11) is 0. The van der Waals surface area contributed by atoms with Gasteiger partial charge in [-0.3, -0.25) is 0 Å². The van der Waals surface area contributed by atoms with Crippen molar-refractivity contribution in [2.45, 2.75) is 9.79 Å². The number of nitrogens with zero attached hydrogens (tertiary/aromatic N) is 4. The highest BCUT2D eigenvalue weighted by molar-refractivity contribution is 8.00. The van der Waals surface area contributed by atoms with Crippen molar-refractivity contribution in [2.75, 3.05) is 9.80 Å². The number of aromatic nitrogens is 2. The van der Waals surface area contributed by atoms with Gasteiger partial charge in [0.15, 0.2) is 0 Å². The summed E-state index contributed by atoms with van der Waals surface area (Å²) in [4.78, 5) is 7.37. The van der Waals surface area contributed by atoms with Gasteiger partial charge in [-0.25, -0.2) is 0 Å². The minimum atomic E-state index is 0.0944. The Balaban J connectivity index is 1.16. The van der Waals surface area contributed by atoms with Crippen molar-refractivity contribution in [1.29, 1.82) is 0 Å². The molecule has 0 N–H and O–H groups in total. The van der Waals surface area contributed by atoms with Crippen LogP contribution in [0.4, 0.5) is 34.1 Å². The molecule has 0 saturated carbocycles. The van der Waals surface area contributed by atoms with Crippen molar-refractivity contribution in [2.24, 2.45) is 0 Å². The van der Waals surface area contributed by atoms with Crippen LogP contribution in [-0.4, -0.2) is 15.8 Å². The standard InChI is InChI=1S/C56H37BN4S/c1-6-19-38(20-7-1)58(39-21-8-2-9-22-39)43-33-34-45-49(35-43)60(42-27-14-5-15-28-42)56-46-29-18-31-48-54(46)61(55(45)56)50-36-44(37-52-53(50)57(48)47-30-16-17-32-51(47)62-52)59(40-23-10-3-11-24-40)41-25-12-4-13-26-41/h1-37H. The number of benzene rings is 9. The molecule has 290 valence electrons. The van der Waals surface area contributed by atoms with E-state index in [4.69, 9.17) is 0 Å². The predicted octanol–water partition coefficient (Wildman–Crippen LogP) is 13.0. The molecule has 0 radical (unpaired) electrons. The fourth-order valence-electron chi connectivity index (χ4n) is 10.2. The Morgan fingerprint density at radius 3 is 1.52 bits per heavy atom. The second kappa shape index (κ2) is 13.9. The molecule has 2 aliphatic rings. The van der Waals surface area contributed by atoms with E-state index in [1.54, 1.807) is 0 Å². The van der Waals surface area contributed by atoms with Gasteiger partial charge in [-0.05, 0) is 108 Å². The predicted molar refractivity (Wildman–Crippen MR) is 262 cm³/mol. The third-order valence-electron chi connectivity index (χ3n) is 12.7. The zero-order chi connectivity index (χ0) is 40.7. The molecular formula is C56H37BN4S. The van der Waals surface area contributed by atoms with Crippen LogP contribution in [0.25, 0.3) is 44.2 Å². The van der Waals surface area contributed by atoms with Crippen molar-refractivity contribution >= 4 is 102 Å². The van der Waals surface area contributed by atoms with Crippen LogP contribution in [0, 0.1) is 0 Å². The number of rotatable bonds is 7. The smallest absolute Gasteiger partial charge is 0.249 e. The van der Waals surface area contributed by atoms with Gasteiger partial charge in [0.05, 0.1) is 22.1 Å². The Morgan fingerprint density at radius 2 is 0.887 bits per heavy atom. The SMILES string of the molecule is c1ccc(N(c2ccccc2)c2cc3c4c(c2)-n2c5c(cccc5c5c2c2ccc(N(c6ccccc6)c6ccccc6)cc2n5-c2ccccc2)B4c2ccccc2S3)cc1. The molecule has 62 heavy (non-hydrogen) atoms. The van der Waals surface area contributed by atoms with E-state index in [2.05, 4.69) is 243 Å². The quantitative estimate of drug-likeness (QED) is 0.149. The zero-order valence-corrected chi connectivity index (χ0v) is 34.5. The molecule has 4 nitrogen and oxygen atoms in total. The van der Waals surface area contributed by atoms with Crippen LogP contribution >= 0.6 is 11.8 Å². The highest BCUT2D eigenvalue weighted by atomic mass is 32.2. The average molecular weight is 809 g/mol. The Morgan fingerprint density at radius 1 is 0.355 bits per heavy atom. The number of para-hydroxylation sites is 6. The lowest BCUT2D eigenvalue weighted by Crippen LogP contribution is -2.58. The first-order valence-corrected chi connectivity index (χ1v) is 22.0. The Hall–Kier alpha value is -7.67. The third kappa shape index (κ3) is 5.23. The van der Waals surface area contributed by atoms with Gasteiger partial charge < -0.3 is 18.9 Å². The molecule has 0 spiro atoms. The van der Waals surface area contributed by atoms with Crippen molar-refractivity contribution in [1.82, 2.24) is 9.13 Å². The van der Waals surface area contributed by atoms with Gasteiger partial charge in [0.2, 0.25) is 6.71 Å². The van der Waals surface area contributed by atoms with E-state index in [1.807, 2.05) is 11.8 Å². The van der Waals surface area contributed by atoms with Gasteiger partial charge in [0.1, 0.15) is 0 Å². The van der Waals surface area contributed by atoms with E-state index >= 15 is 0 Å². The molecule has 2 aliphatic heterocycles. The number of hydrogen-bond acceptors (Lipinski definition) is 3. The van der Waals surface area contributed by atoms with E-state index in [1.165, 1.54) is 59.2 Å². The van der Waals surface area contributed by atoms with Crippen LogP contribution < -0.4 is 26.2 Å². The number of hydrogen-bond donors (Lipinski definition) is 0. The van der Waals surface area contributed by atoms with Crippen LogP contribution in [-0.2, 0) is 0 Å². The van der Waals surface area contributed by atoms with E-state index in [0.717, 1.165) is 45.3 Å². The summed E-state index contributed by atoms with van der Waals surface area (Å²) in [6.07, 6.45) is 0. The summed E-state index contributed by atoms with van der Waals surface area (Å²) in [6, 6.07) is 81.9. The van der Waals surface area contributed by atoms with Crippen molar-refractivity contribution in [3.05, 3.63) is 224 Å². The molecule has 0 saturated heterocycles. The summed E-state index contributed by atoms with van der Waals surface area (Å²) in [5.41, 5.74) is 18.0. The largest absolute Gasteiger partial charge is 0.310 e. The second-order valence-electron chi connectivity index (χ2n) is 16.1. The summed E-state index contributed by atoms with van der Waals surface area (Å²) in [5.74, 6) is 0. The van der Waals surface area contributed by atoms with E-state index < -0.39 is 0 Å². The van der Waals surface area contributed by atoms with Gasteiger partial charge in [-0.2, -0.15) is 0 Å². The van der Waals surface area contributed by atoms with Crippen LogP contribution in [0.15, 0.2) is 234 Å². The maximum absolute atomic E-state index is 2.62. The lowest BCUT2D eigenvalue weighted by atomic mass is 9.35. The molecule has 11 aromatic rings. The topological polar surface area (TPSA) is 16.3 Å². The molecule has 0 bridgehead atoms. The van der Waals surface area contributed by atoms with Crippen LogP contribution in [0.2, 0.25) is 0 Å². The fraction of sp³-hybridized carbons (Fsp3) is 0. The summed E-state index contributed by atoms with van der Waals surface area (Å²) in [6.45, 7) is 0.0944. The highest BCUT2D eigenvalue weighted by Crippen LogP contribution is 2.47. The minimum Gasteiger partial charge on any atom is -0.310 e.